The minimum absolute atomic E-state index is 0.0684. The fraction of sp³-hybridized carbons (Fsp3) is 0.375. The summed E-state index contributed by atoms with van der Waals surface area (Å²) in [5, 5.41) is 28.6. The number of carbonyl (C=O) groups excluding carboxylic acids is 1. The second-order valence-corrected chi connectivity index (χ2v) is 6.66. The first-order valence-corrected chi connectivity index (χ1v) is 9.55. The zero-order chi connectivity index (χ0) is 21.2. The molecule has 0 saturated heterocycles. The van der Waals surface area contributed by atoms with E-state index in [1.165, 1.54) is 6.92 Å². The van der Waals surface area contributed by atoms with Crippen molar-refractivity contribution >= 4 is 5.78 Å². The average molecular weight is 387 g/mol. The Morgan fingerprint density at radius 1 is 0.714 bits per heavy atom. The summed E-state index contributed by atoms with van der Waals surface area (Å²) in [5.74, 6) is 0.0509. The molecular weight excluding hydrogens is 352 g/mol. The predicted octanol–water partition coefficient (Wildman–Crippen LogP) is 3.99. The second-order valence-electron chi connectivity index (χ2n) is 6.66. The molecule has 0 aliphatic heterocycles. The first-order valence-electron chi connectivity index (χ1n) is 9.55. The first-order chi connectivity index (χ1) is 13.3. The highest BCUT2D eigenvalue weighted by Crippen LogP contribution is 2.05. The Labute approximate surface area is 169 Å². The Bertz CT molecular complexity index is 619. The minimum Gasteiger partial charge on any atom is -0.393 e. The van der Waals surface area contributed by atoms with Crippen LogP contribution in [-0.4, -0.2) is 39.4 Å². The molecule has 0 aromatic carbocycles. The van der Waals surface area contributed by atoms with Gasteiger partial charge in [-0.25, -0.2) is 0 Å². The van der Waals surface area contributed by atoms with Gasteiger partial charge in [-0.2, -0.15) is 0 Å². The predicted molar refractivity (Wildman–Crippen MR) is 117 cm³/mol. The van der Waals surface area contributed by atoms with Crippen molar-refractivity contribution < 1.29 is 20.1 Å². The molecule has 0 aromatic heterocycles. The smallest absolute Gasteiger partial charge is 0.132 e. The second kappa shape index (κ2) is 16.9. The number of rotatable bonds is 13. The van der Waals surface area contributed by atoms with E-state index in [2.05, 4.69) is 0 Å². The Balaban J connectivity index is 4.05. The van der Waals surface area contributed by atoms with Gasteiger partial charge in [0.25, 0.3) is 0 Å². The van der Waals surface area contributed by atoms with Crippen molar-refractivity contribution in [3.05, 3.63) is 85.1 Å². The summed E-state index contributed by atoms with van der Waals surface area (Å²) in [4.78, 5) is 10.9. The van der Waals surface area contributed by atoms with Crippen LogP contribution < -0.4 is 0 Å². The molecule has 0 rings (SSSR count). The van der Waals surface area contributed by atoms with Gasteiger partial charge in [0.05, 0.1) is 18.3 Å². The van der Waals surface area contributed by atoms with Crippen LogP contribution in [-0.2, 0) is 4.79 Å². The third kappa shape index (κ3) is 17.2. The molecule has 0 radical (unpaired) electrons. The summed E-state index contributed by atoms with van der Waals surface area (Å²) < 4.78 is 0. The fourth-order valence-electron chi connectivity index (χ4n) is 2.01. The Kier molecular flexibility index (Phi) is 15.5. The molecule has 4 atom stereocenters. The minimum atomic E-state index is -0.808. The maximum atomic E-state index is 10.9. The van der Waals surface area contributed by atoms with Crippen LogP contribution >= 0.6 is 0 Å². The number of aliphatic hydroxyl groups excluding tert-OH is 3. The van der Waals surface area contributed by atoms with Gasteiger partial charge in [-0.05, 0) is 19.8 Å². The van der Waals surface area contributed by atoms with Crippen LogP contribution in [0.3, 0.4) is 0 Å². The van der Waals surface area contributed by atoms with E-state index in [1.807, 2.05) is 73.8 Å². The molecule has 0 saturated carbocycles. The monoisotopic (exact) mass is 386 g/mol. The average Bonchev–Trinajstić information content (AvgIpc) is 2.60. The molecule has 0 aliphatic rings. The van der Waals surface area contributed by atoms with Crippen molar-refractivity contribution in [2.24, 2.45) is 5.92 Å². The number of carbonyl (C=O) groups is 1. The Morgan fingerprint density at radius 3 is 1.50 bits per heavy atom. The maximum absolute atomic E-state index is 10.9. The van der Waals surface area contributed by atoms with Crippen molar-refractivity contribution in [2.45, 2.75) is 51.9 Å². The summed E-state index contributed by atoms with van der Waals surface area (Å²) >= 11 is 0. The van der Waals surface area contributed by atoms with Gasteiger partial charge >= 0.3 is 0 Å². The molecule has 0 fully saturated rings. The van der Waals surface area contributed by atoms with Crippen molar-refractivity contribution in [3.8, 4) is 0 Å². The van der Waals surface area contributed by atoms with Crippen LogP contribution in [0.4, 0.5) is 0 Å². The normalized spacial score (nSPS) is 17.9. The van der Waals surface area contributed by atoms with Crippen LogP contribution in [0.25, 0.3) is 0 Å². The number of hydrogen-bond donors (Lipinski definition) is 3. The van der Waals surface area contributed by atoms with E-state index in [1.54, 1.807) is 25.2 Å². The van der Waals surface area contributed by atoms with E-state index in [-0.39, 0.29) is 30.6 Å². The third-order valence-electron chi connectivity index (χ3n) is 3.77. The third-order valence-corrected chi connectivity index (χ3v) is 3.77. The van der Waals surface area contributed by atoms with E-state index in [9.17, 15) is 20.1 Å². The summed E-state index contributed by atoms with van der Waals surface area (Å²) in [5.41, 5.74) is 0. The van der Waals surface area contributed by atoms with Crippen LogP contribution in [0.1, 0.15) is 33.6 Å². The summed E-state index contributed by atoms with van der Waals surface area (Å²) in [6.07, 6.45) is 24.3. The highest BCUT2D eigenvalue weighted by Gasteiger charge is 2.11. The summed E-state index contributed by atoms with van der Waals surface area (Å²) in [7, 11) is 0. The van der Waals surface area contributed by atoms with Crippen molar-refractivity contribution in [1.82, 2.24) is 0 Å². The number of Topliss-reactive ketones (excluding diaryl/α,β-unsaturated/α-hetero) is 1. The lowest BCUT2D eigenvalue weighted by atomic mass is 10.1. The lowest BCUT2D eigenvalue weighted by Crippen LogP contribution is -2.18. The van der Waals surface area contributed by atoms with Crippen molar-refractivity contribution in [2.75, 3.05) is 0 Å². The lowest BCUT2D eigenvalue weighted by Gasteiger charge is -2.10. The van der Waals surface area contributed by atoms with Crippen LogP contribution in [0, 0.1) is 5.92 Å². The highest BCUT2D eigenvalue weighted by molar-refractivity contribution is 5.75. The van der Waals surface area contributed by atoms with E-state index in [0.717, 1.165) is 0 Å². The van der Waals surface area contributed by atoms with Gasteiger partial charge in [0, 0.05) is 12.8 Å². The number of aliphatic hydroxyl groups is 3. The number of allylic oxidation sites excluding steroid dienone is 12. The highest BCUT2D eigenvalue weighted by atomic mass is 16.3. The molecule has 0 aliphatic carbocycles. The molecule has 4 unspecified atom stereocenters. The molecule has 0 amide bonds. The largest absolute Gasteiger partial charge is 0.393 e. The van der Waals surface area contributed by atoms with Gasteiger partial charge in [-0.3, -0.25) is 4.79 Å². The van der Waals surface area contributed by atoms with Crippen molar-refractivity contribution in [1.29, 1.82) is 0 Å². The molecule has 3 N–H and O–H groups in total. The summed E-state index contributed by atoms with van der Waals surface area (Å²) in [6.45, 7) is 5.16. The lowest BCUT2D eigenvalue weighted by molar-refractivity contribution is -0.119. The topological polar surface area (TPSA) is 77.8 Å². The first kappa shape index (κ1) is 25.7. The zero-order valence-corrected chi connectivity index (χ0v) is 17.1. The Morgan fingerprint density at radius 2 is 1.11 bits per heavy atom. The molecule has 28 heavy (non-hydrogen) atoms. The molecule has 0 bridgehead atoms. The van der Waals surface area contributed by atoms with Gasteiger partial charge < -0.3 is 15.3 Å². The van der Waals surface area contributed by atoms with Gasteiger partial charge in [-0.15, -0.1) is 0 Å². The molecule has 4 nitrogen and oxygen atoms in total. The summed E-state index contributed by atoms with van der Waals surface area (Å²) in [6, 6.07) is 0. The van der Waals surface area contributed by atoms with Crippen LogP contribution in [0.15, 0.2) is 85.1 Å². The van der Waals surface area contributed by atoms with E-state index >= 15 is 0 Å². The number of hydrogen-bond acceptors (Lipinski definition) is 4. The van der Waals surface area contributed by atoms with Gasteiger partial charge in [0.1, 0.15) is 5.78 Å². The molecule has 0 heterocycles. The van der Waals surface area contributed by atoms with Gasteiger partial charge in [0.15, 0.2) is 0 Å². The van der Waals surface area contributed by atoms with Crippen LogP contribution in [0.2, 0.25) is 0 Å². The van der Waals surface area contributed by atoms with Gasteiger partial charge in [0.2, 0.25) is 0 Å². The Hall–Kier alpha value is -2.27. The molecule has 4 heteroatoms. The van der Waals surface area contributed by atoms with Crippen molar-refractivity contribution in [3.63, 3.8) is 0 Å². The SMILES string of the molecule is CC(=O)CC(O)CC(O)C=CC=CC=CC=CC=CC=CC=CC(C)C(C)O. The molecule has 154 valence electrons. The van der Waals surface area contributed by atoms with E-state index < -0.39 is 12.2 Å². The van der Waals surface area contributed by atoms with E-state index in [4.69, 9.17) is 0 Å². The van der Waals surface area contributed by atoms with E-state index in [0.29, 0.717) is 0 Å². The quantitative estimate of drug-likeness (QED) is 0.418. The fourth-order valence-corrected chi connectivity index (χ4v) is 2.01. The number of ketones is 1. The molecular formula is C24H34O4. The molecule has 0 spiro atoms. The molecule has 0 aromatic rings. The van der Waals surface area contributed by atoms with Gasteiger partial charge in [-0.1, -0.05) is 92.0 Å². The van der Waals surface area contributed by atoms with Crippen LogP contribution in [0.5, 0.6) is 0 Å². The maximum Gasteiger partial charge on any atom is 0.132 e. The standard InChI is InChI=1S/C24H34O4/c1-20(22(3)26)16-14-12-10-8-6-4-5-7-9-11-13-15-17-23(27)19-24(28)18-21(2)25/h4-17,20,22-24,26-28H,18-19H2,1-3H3. The zero-order valence-electron chi connectivity index (χ0n) is 17.1.